The molecule has 0 atom stereocenters. The Morgan fingerprint density at radius 1 is 1.26 bits per heavy atom. The van der Waals surface area contributed by atoms with Gasteiger partial charge in [0.1, 0.15) is 0 Å². The summed E-state index contributed by atoms with van der Waals surface area (Å²) in [5, 5.41) is 0. The molecule has 1 aliphatic heterocycles. The van der Waals surface area contributed by atoms with E-state index in [2.05, 4.69) is 9.44 Å². The van der Waals surface area contributed by atoms with Crippen LogP contribution in [0.4, 0.5) is 0 Å². The van der Waals surface area contributed by atoms with E-state index in [1.807, 2.05) is 18.2 Å². The molecule has 1 aliphatic rings. The molecule has 0 saturated carbocycles. The second-order valence-electron chi connectivity index (χ2n) is 4.61. The summed E-state index contributed by atoms with van der Waals surface area (Å²) >= 11 is 0. The molecule has 1 heterocycles. The second kappa shape index (κ2) is 5.77. The molecule has 0 saturated heterocycles. The Hall–Kier alpha value is -1.31. The molecule has 0 aromatic heterocycles. The molecule has 0 spiro atoms. The fourth-order valence-electron chi connectivity index (χ4n) is 1.78. The van der Waals surface area contributed by atoms with Crippen LogP contribution in [0.25, 0.3) is 0 Å². The molecular weight excluding hydrogens is 268 g/mol. The summed E-state index contributed by atoms with van der Waals surface area (Å²) < 4.78 is 38.5. The van der Waals surface area contributed by atoms with Crippen molar-refractivity contribution >= 4 is 10.2 Å². The molecule has 7 heteroatoms. The first kappa shape index (κ1) is 14.1. The van der Waals surface area contributed by atoms with Crippen LogP contribution in [0.3, 0.4) is 0 Å². The summed E-state index contributed by atoms with van der Waals surface area (Å²) in [6.45, 7) is 4.12. The molecule has 0 amide bonds. The maximum atomic E-state index is 11.6. The quantitative estimate of drug-likeness (QED) is 0.810. The smallest absolute Gasteiger partial charge is 0.277 e. The Morgan fingerprint density at radius 2 is 2.00 bits per heavy atom. The van der Waals surface area contributed by atoms with Crippen molar-refractivity contribution in [3.63, 3.8) is 0 Å². The molecule has 0 fully saturated rings. The topological polar surface area (TPSA) is 76.7 Å². The normalized spacial score (nSPS) is 14.1. The monoisotopic (exact) mass is 286 g/mol. The van der Waals surface area contributed by atoms with Crippen LogP contribution in [0.15, 0.2) is 18.2 Å². The lowest BCUT2D eigenvalue weighted by Gasteiger charge is -2.10. The van der Waals surface area contributed by atoms with E-state index in [1.165, 1.54) is 0 Å². The first-order valence-electron chi connectivity index (χ1n) is 6.12. The lowest BCUT2D eigenvalue weighted by Crippen LogP contribution is -2.41. The Balaban J connectivity index is 1.86. The van der Waals surface area contributed by atoms with Crippen molar-refractivity contribution in [3.05, 3.63) is 23.8 Å². The third-order valence-electron chi connectivity index (χ3n) is 2.53. The van der Waals surface area contributed by atoms with E-state index in [0.29, 0.717) is 18.7 Å². The van der Waals surface area contributed by atoms with Crippen LogP contribution >= 0.6 is 0 Å². The largest absolute Gasteiger partial charge is 0.454 e. The Labute approximate surface area is 113 Å². The Kier molecular flexibility index (Phi) is 4.28. The van der Waals surface area contributed by atoms with E-state index in [-0.39, 0.29) is 12.8 Å². The van der Waals surface area contributed by atoms with Gasteiger partial charge in [-0.2, -0.15) is 13.1 Å². The first-order valence-corrected chi connectivity index (χ1v) is 7.60. The summed E-state index contributed by atoms with van der Waals surface area (Å²) in [7, 11) is -3.42. The van der Waals surface area contributed by atoms with Gasteiger partial charge in [0.2, 0.25) is 6.79 Å². The molecule has 1 aromatic carbocycles. The van der Waals surface area contributed by atoms with Gasteiger partial charge in [0, 0.05) is 12.6 Å². The molecule has 19 heavy (non-hydrogen) atoms. The molecular formula is C12H18N2O4S. The van der Waals surface area contributed by atoms with Crippen molar-refractivity contribution in [2.45, 2.75) is 26.3 Å². The van der Waals surface area contributed by atoms with Crippen molar-refractivity contribution in [1.82, 2.24) is 9.44 Å². The summed E-state index contributed by atoms with van der Waals surface area (Å²) in [6.07, 6.45) is 0.593. The predicted molar refractivity (Wildman–Crippen MR) is 71.5 cm³/mol. The van der Waals surface area contributed by atoms with Gasteiger partial charge >= 0.3 is 0 Å². The lowest BCUT2D eigenvalue weighted by atomic mass is 10.1. The average Bonchev–Trinajstić information content (AvgIpc) is 2.74. The van der Waals surface area contributed by atoms with E-state index < -0.39 is 10.2 Å². The van der Waals surface area contributed by atoms with Gasteiger partial charge < -0.3 is 9.47 Å². The lowest BCUT2D eigenvalue weighted by molar-refractivity contribution is 0.174. The fourth-order valence-corrected chi connectivity index (χ4v) is 2.85. The molecule has 0 radical (unpaired) electrons. The molecule has 0 aliphatic carbocycles. The second-order valence-corrected chi connectivity index (χ2v) is 6.14. The van der Waals surface area contributed by atoms with E-state index in [0.717, 1.165) is 11.3 Å². The summed E-state index contributed by atoms with van der Waals surface area (Å²) in [5.74, 6) is 1.44. The number of fused-ring (bicyclic) bond motifs is 1. The van der Waals surface area contributed by atoms with Crippen molar-refractivity contribution < 1.29 is 17.9 Å². The molecule has 2 N–H and O–H groups in total. The number of hydrogen-bond donors (Lipinski definition) is 2. The van der Waals surface area contributed by atoms with Crippen molar-refractivity contribution in [3.8, 4) is 11.5 Å². The van der Waals surface area contributed by atoms with Crippen LogP contribution in [-0.4, -0.2) is 27.8 Å². The van der Waals surface area contributed by atoms with Crippen LogP contribution in [0.5, 0.6) is 11.5 Å². The maximum Gasteiger partial charge on any atom is 0.277 e. The number of hydrogen-bond acceptors (Lipinski definition) is 4. The van der Waals surface area contributed by atoms with Crippen LogP contribution in [0.1, 0.15) is 19.4 Å². The average molecular weight is 286 g/mol. The van der Waals surface area contributed by atoms with Crippen molar-refractivity contribution in [1.29, 1.82) is 0 Å². The third-order valence-corrected chi connectivity index (χ3v) is 3.90. The minimum atomic E-state index is -3.42. The highest BCUT2D eigenvalue weighted by atomic mass is 32.2. The number of benzene rings is 1. The minimum Gasteiger partial charge on any atom is -0.454 e. The fraction of sp³-hybridized carbons (Fsp3) is 0.500. The molecule has 1 aromatic rings. The molecule has 0 unspecified atom stereocenters. The Morgan fingerprint density at radius 3 is 2.74 bits per heavy atom. The van der Waals surface area contributed by atoms with E-state index >= 15 is 0 Å². The summed E-state index contributed by atoms with van der Waals surface area (Å²) in [6, 6.07) is 5.48. The number of nitrogens with one attached hydrogen (secondary N) is 2. The molecule has 106 valence electrons. The van der Waals surface area contributed by atoms with E-state index in [9.17, 15) is 8.42 Å². The summed E-state index contributed by atoms with van der Waals surface area (Å²) in [5.41, 5.74) is 0.997. The highest BCUT2D eigenvalue weighted by Crippen LogP contribution is 2.32. The molecule has 0 bridgehead atoms. The molecule has 6 nitrogen and oxygen atoms in total. The van der Waals surface area contributed by atoms with Gasteiger partial charge in [-0.25, -0.2) is 4.72 Å². The number of ether oxygens (including phenoxy) is 2. The predicted octanol–water partition coefficient (Wildman–Crippen LogP) is 0.790. The first-order chi connectivity index (χ1) is 8.96. The van der Waals surface area contributed by atoms with Crippen LogP contribution in [0.2, 0.25) is 0 Å². The highest BCUT2D eigenvalue weighted by molar-refractivity contribution is 7.87. The van der Waals surface area contributed by atoms with Gasteiger partial charge in [-0.1, -0.05) is 6.07 Å². The Bertz CT molecular complexity index is 543. The van der Waals surface area contributed by atoms with Gasteiger partial charge in [-0.15, -0.1) is 0 Å². The van der Waals surface area contributed by atoms with Crippen molar-refractivity contribution in [2.75, 3.05) is 13.3 Å². The molecule has 2 rings (SSSR count). The zero-order valence-corrected chi connectivity index (χ0v) is 11.8. The van der Waals surface area contributed by atoms with Gasteiger partial charge in [-0.3, -0.25) is 0 Å². The zero-order valence-electron chi connectivity index (χ0n) is 11.0. The van der Waals surface area contributed by atoms with Gasteiger partial charge in [0.15, 0.2) is 11.5 Å². The number of rotatable bonds is 6. The zero-order chi connectivity index (χ0) is 13.9. The minimum absolute atomic E-state index is 0.122. The summed E-state index contributed by atoms with van der Waals surface area (Å²) in [4.78, 5) is 0. The van der Waals surface area contributed by atoms with Crippen LogP contribution in [-0.2, 0) is 16.6 Å². The van der Waals surface area contributed by atoms with Crippen molar-refractivity contribution in [2.24, 2.45) is 0 Å². The van der Waals surface area contributed by atoms with Gasteiger partial charge in [0.25, 0.3) is 10.2 Å². The standard InChI is InChI=1S/C12H18N2O4S/c1-9(2)14-19(15,16)13-6-5-10-3-4-11-12(7-10)18-8-17-11/h3-4,7,9,13-14H,5-6,8H2,1-2H3. The van der Waals surface area contributed by atoms with Gasteiger partial charge in [-0.05, 0) is 38.0 Å². The van der Waals surface area contributed by atoms with Crippen LogP contribution in [0, 0.1) is 0 Å². The van der Waals surface area contributed by atoms with Gasteiger partial charge in [0.05, 0.1) is 0 Å². The highest BCUT2D eigenvalue weighted by Gasteiger charge is 2.14. The maximum absolute atomic E-state index is 11.6. The SMILES string of the molecule is CC(C)NS(=O)(=O)NCCc1ccc2c(c1)OCO2. The van der Waals surface area contributed by atoms with Crippen LogP contribution < -0.4 is 18.9 Å². The van der Waals surface area contributed by atoms with E-state index in [1.54, 1.807) is 13.8 Å². The van der Waals surface area contributed by atoms with E-state index in [4.69, 9.17) is 9.47 Å². The third kappa shape index (κ3) is 4.09.